The Balaban J connectivity index is 0.965. The van der Waals surface area contributed by atoms with Crippen LogP contribution in [0.4, 0.5) is 11.4 Å². The highest BCUT2D eigenvalue weighted by atomic mass is 32.2. The van der Waals surface area contributed by atoms with Crippen LogP contribution < -0.4 is 4.90 Å². The van der Waals surface area contributed by atoms with E-state index in [4.69, 9.17) is 37.9 Å². The molecule has 0 aromatic heterocycles. The molecular weight excluding hydrogens is 671 g/mol. The summed E-state index contributed by atoms with van der Waals surface area (Å²) in [5, 5.41) is 0. The zero-order valence-corrected chi connectivity index (χ0v) is 32.5. The molecule has 3 unspecified atom stereocenters. The summed E-state index contributed by atoms with van der Waals surface area (Å²) in [6, 6.07) is 15.6. The van der Waals surface area contributed by atoms with Crippen molar-refractivity contribution in [2.75, 3.05) is 138 Å². The van der Waals surface area contributed by atoms with E-state index in [1.807, 2.05) is 11.8 Å². The van der Waals surface area contributed by atoms with Crippen LogP contribution in [0.2, 0.25) is 0 Å². The number of anilines is 2. The smallest absolute Gasteiger partial charge is 0.104 e. The summed E-state index contributed by atoms with van der Waals surface area (Å²) in [4.78, 5) is 10.3. The largest absolute Gasteiger partial charge is 0.379 e. The molecule has 51 heavy (non-hydrogen) atoms. The van der Waals surface area contributed by atoms with Gasteiger partial charge < -0.3 is 47.7 Å². The topological polar surface area (TPSA) is 83.6 Å². The zero-order valence-electron chi connectivity index (χ0n) is 31.7. The first-order valence-corrected chi connectivity index (χ1v) is 19.4. The van der Waals surface area contributed by atoms with Gasteiger partial charge in [0.05, 0.1) is 83.5 Å². The SMILES string of the molecule is CCC(COCC(COCC(COCCOCCOCCN1CCN(CCCN2c3ccccc3Sc3ccc(C)cc32)CC1)OC)OC)OC. The van der Waals surface area contributed by atoms with Crippen LogP contribution in [-0.2, 0) is 37.9 Å². The van der Waals surface area contributed by atoms with Gasteiger partial charge in [-0.25, -0.2) is 0 Å². The van der Waals surface area contributed by atoms with Crippen molar-refractivity contribution in [2.24, 2.45) is 0 Å². The summed E-state index contributed by atoms with van der Waals surface area (Å²) in [7, 11) is 5.02. The van der Waals surface area contributed by atoms with Gasteiger partial charge in [-0.2, -0.15) is 0 Å². The minimum absolute atomic E-state index is 0.0994. The molecule has 0 amide bonds. The van der Waals surface area contributed by atoms with Gasteiger partial charge in [0.2, 0.25) is 0 Å². The summed E-state index contributed by atoms with van der Waals surface area (Å²) >= 11 is 1.88. The van der Waals surface area contributed by atoms with E-state index in [0.29, 0.717) is 59.5 Å². The molecule has 0 radical (unpaired) electrons. The zero-order chi connectivity index (χ0) is 36.1. The molecule has 1 fully saturated rings. The van der Waals surface area contributed by atoms with Crippen LogP contribution in [0.1, 0.15) is 25.3 Å². The Hall–Kier alpha value is -1.81. The minimum Gasteiger partial charge on any atom is -0.379 e. The maximum atomic E-state index is 5.85. The third-order valence-electron chi connectivity index (χ3n) is 9.37. The Morgan fingerprint density at radius 3 is 1.78 bits per heavy atom. The van der Waals surface area contributed by atoms with Crippen molar-refractivity contribution in [2.45, 2.75) is 54.8 Å². The van der Waals surface area contributed by atoms with Gasteiger partial charge in [0, 0.05) is 70.4 Å². The Kier molecular flexibility index (Phi) is 20.1. The fraction of sp³-hybridized carbons (Fsp3) is 0.692. The number of para-hydroxylation sites is 1. The lowest BCUT2D eigenvalue weighted by molar-refractivity contribution is -0.0878. The summed E-state index contributed by atoms with van der Waals surface area (Å²) in [6.07, 6.45) is 1.84. The second kappa shape index (κ2) is 24.5. The van der Waals surface area contributed by atoms with E-state index >= 15 is 0 Å². The van der Waals surface area contributed by atoms with E-state index in [1.54, 1.807) is 21.3 Å². The number of benzene rings is 2. The van der Waals surface area contributed by atoms with Gasteiger partial charge in [0.15, 0.2) is 0 Å². The van der Waals surface area contributed by atoms with Gasteiger partial charge >= 0.3 is 0 Å². The average molecular weight is 734 g/mol. The van der Waals surface area contributed by atoms with Crippen molar-refractivity contribution in [3.8, 4) is 0 Å². The first-order valence-electron chi connectivity index (χ1n) is 18.6. The highest BCUT2D eigenvalue weighted by molar-refractivity contribution is 7.99. The molecule has 4 rings (SSSR count). The molecule has 288 valence electrons. The minimum atomic E-state index is -0.161. The summed E-state index contributed by atoms with van der Waals surface area (Å²) in [6.45, 7) is 16.9. The lowest BCUT2D eigenvalue weighted by Crippen LogP contribution is -2.47. The van der Waals surface area contributed by atoms with Gasteiger partial charge in [-0.15, -0.1) is 0 Å². The number of piperazine rings is 1. The number of hydrogen-bond donors (Lipinski definition) is 0. The molecular formula is C39H63N3O8S. The van der Waals surface area contributed by atoms with Crippen molar-refractivity contribution in [1.82, 2.24) is 9.80 Å². The van der Waals surface area contributed by atoms with E-state index in [0.717, 1.165) is 65.3 Å². The maximum Gasteiger partial charge on any atom is 0.104 e. The van der Waals surface area contributed by atoms with Crippen LogP contribution in [0.5, 0.6) is 0 Å². The van der Waals surface area contributed by atoms with E-state index < -0.39 is 0 Å². The van der Waals surface area contributed by atoms with Gasteiger partial charge in [-0.1, -0.05) is 36.9 Å². The van der Waals surface area contributed by atoms with Crippen molar-refractivity contribution in [3.63, 3.8) is 0 Å². The van der Waals surface area contributed by atoms with Crippen LogP contribution in [-0.4, -0.2) is 161 Å². The van der Waals surface area contributed by atoms with Crippen LogP contribution >= 0.6 is 11.8 Å². The number of aryl methyl sites for hydroxylation is 1. The molecule has 12 heteroatoms. The van der Waals surface area contributed by atoms with Gasteiger partial charge in [0.25, 0.3) is 0 Å². The van der Waals surface area contributed by atoms with Gasteiger partial charge in [-0.3, -0.25) is 4.90 Å². The van der Waals surface area contributed by atoms with Gasteiger partial charge in [0.1, 0.15) is 12.2 Å². The van der Waals surface area contributed by atoms with Gasteiger partial charge in [-0.05, 0) is 56.1 Å². The lowest BCUT2D eigenvalue weighted by Gasteiger charge is -2.36. The quantitative estimate of drug-likeness (QED) is 0.114. The Labute approximate surface area is 311 Å². The average Bonchev–Trinajstić information content (AvgIpc) is 3.16. The third kappa shape index (κ3) is 14.9. The van der Waals surface area contributed by atoms with Crippen molar-refractivity contribution >= 4 is 23.1 Å². The molecule has 11 nitrogen and oxygen atoms in total. The molecule has 0 aliphatic carbocycles. The number of fused-ring (bicyclic) bond motifs is 2. The first-order chi connectivity index (χ1) is 25.0. The Bertz CT molecular complexity index is 1220. The van der Waals surface area contributed by atoms with Crippen LogP contribution in [0.25, 0.3) is 0 Å². The molecule has 2 heterocycles. The van der Waals surface area contributed by atoms with E-state index in [9.17, 15) is 0 Å². The number of nitrogens with zero attached hydrogens (tertiary/aromatic N) is 3. The highest BCUT2D eigenvalue weighted by Crippen LogP contribution is 2.48. The van der Waals surface area contributed by atoms with Crippen molar-refractivity contribution < 1.29 is 37.9 Å². The molecule has 2 aromatic rings. The molecule has 2 aromatic carbocycles. The summed E-state index contributed by atoms with van der Waals surface area (Å²) < 4.78 is 45.1. The lowest BCUT2D eigenvalue weighted by atomic mass is 10.1. The second-order valence-corrected chi connectivity index (χ2v) is 14.2. The monoisotopic (exact) mass is 733 g/mol. The normalized spacial score (nSPS) is 16.9. The number of methoxy groups -OCH3 is 3. The fourth-order valence-electron chi connectivity index (χ4n) is 6.10. The summed E-state index contributed by atoms with van der Waals surface area (Å²) in [5.74, 6) is 0. The van der Waals surface area contributed by atoms with Crippen LogP contribution in [0.15, 0.2) is 52.3 Å². The molecule has 0 spiro atoms. The highest BCUT2D eigenvalue weighted by Gasteiger charge is 2.24. The van der Waals surface area contributed by atoms with E-state index in [2.05, 4.69) is 71.0 Å². The Morgan fingerprint density at radius 2 is 1.14 bits per heavy atom. The second-order valence-electron chi connectivity index (χ2n) is 13.1. The third-order valence-corrected chi connectivity index (χ3v) is 10.5. The maximum absolute atomic E-state index is 5.85. The number of ether oxygens (including phenoxy) is 8. The standard InChI is InChI=1S/C39H63N3O8S/c1-6-33(43-3)27-49-30-35(45-5)31-50-29-34(44-4)28-48-25-24-47-23-22-46-21-20-41-18-16-40(17-19-41)14-9-15-42-36-10-7-8-11-38(36)51-39-13-12-32(2)26-37(39)42/h7-8,10-13,26,33-35H,6,9,14-25,27-31H2,1-5H3. The fourth-order valence-corrected chi connectivity index (χ4v) is 7.18. The molecule has 0 saturated carbocycles. The van der Waals surface area contributed by atoms with Crippen molar-refractivity contribution in [1.29, 1.82) is 0 Å². The predicted octanol–water partition coefficient (Wildman–Crippen LogP) is 5.14. The van der Waals surface area contributed by atoms with E-state index in [-0.39, 0.29) is 18.3 Å². The molecule has 3 atom stereocenters. The number of rotatable bonds is 27. The Morgan fingerprint density at radius 1 is 0.588 bits per heavy atom. The molecule has 0 bridgehead atoms. The first kappa shape index (κ1) is 41.9. The van der Waals surface area contributed by atoms with Crippen molar-refractivity contribution in [3.05, 3.63) is 48.0 Å². The predicted molar refractivity (Wildman–Crippen MR) is 203 cm³/mol. The summed E-state index contributed by atoms with van der Waals surface area (Å²) in [5.41, 5.74) is 3.99. The molecule has 2 aliphatic heterocycles. The number of hydrogen-bond acceptors (Lipinski definition) is 12. The van der Waals surface area contributed by atoms with E-state index in [1.165, 1.54) is 26.7 Å². The van der Waals surface area contributed by atoms with Crippen LogP contribution in [0, 0.1) is 6.92 Å². The molecule has 0 N–H and O–H groups in total. The van der Waals surface area contributed by atoms with Crippen LogP contribution in [0.3, 0.4) is 0 Å². The molecule has 2 aliphatic rings. The molecule has 1 saturated heterocycles.